The lowest BCUT2D eigenvalue weighted by Crippen LogP contribution is -2.16. The van der Waals surface area contributed by atoms with E-state index < -0.39 is 29.0 Å². The van der Waals surface area contributed by atoms with E-state index in [4.69, 9.17) is 23.7 Å². The number of benzene rings is 2. The molecule has 2 aromatic rings. The molecule has 10 nitrogen and oxygen atoms in total. The summed E-state index contributed by atoms with van der Waals surface area (Å²) >= 11 is 0. The molecule has 10 heteroatoms. The molecule has 0 amide bonds. The van der Waals surface area contributed by atoms with Crippen LogP contribution in [0.1, 0.15) is 27.6 Å². The quantitative estimate of drug-likeness (QED) is 0.247. The number of nitro benzene ring substituents is 1. The van der Waals surface area contributed by atoms with Crippen LogP contribution < -0.4 is 18.9 Å². The van der Waals surface area contributed by atoms with Gasteiger partial charge in [0.05, 0.1) is 38.9 Å². The van der Waals surface area contributed by atoms with Gasteiger partial charge in [0.2, 0.25) is 0 Å². The lowest BCUT2D eigenvalue weighted by atomic mass is 10.1. The van der Waals surface area contributed by atoms with Crippen LogP contribution in [0.15, 0.2) is 30.3 Å². The van der Waals surface area contributed by atoms with Crippen LogP contribution in [0.2, 0.25) is 0 Å². The maximum Gasteiger partial charge on any atom is 0.345 e. The van der Waals surface area contributed by atoms with Crippen molar-refractivity contribution in [2.75, 3.05) is 34.5 Å². The van der Waals surface area contributed by atoms with Crippen LogP contribution in [-0.2, 0) is 4.74 Å². The summed E-state index contributed by atoms with van der Waals surface area (Å²) in [5, 5.41) is 11.4. The normalized spacial score (nSPS) is 10.1. The Morgan fingerprint density at radius 1 is 0.933 bits per heavy atom. The number of Topliss-reactive ketones (excluding diaryl/α,β-unsaturated/α-hetero) is 1. The molecule has 0 aliphatic rings. The number of methoxy groups -OCH3 is 3. The van der Waals surface area contributed by atoms with Crippen LogP contribution in [0.4, 0.5) is 5.69 Å². The van der Waals surface area contributed by atoms with Crippen molar-refractivity contribution in [3.05, 3.63) is 51.6 Å². The smallest absolute Gasteiger partial charge is 0.345 e. The maximum atomic E-state index is 12.5. The summed E-state index contributed by atoms with van der Waals surface area (Å²) in [7, 11) is 4.20. The molecule has 0 spiro atoms. The van der Waals surface area contributed by atoms with Gasteiger partial charge in [-0.3, -0.25) is 14.9 Å². The zero-order valence-electron chi connectivity index (χ0n) is 16.9. The zero-order chi connectivity index (χ0) is 22.3. The SMILES string of the molecule is CCOc1cc(C(=O)OCC(=O)c2ccc(OC)c(OC)c2)c([N+](=O)[O-])cc1OC. The standard InChI is InChI=1S/C20H21NO9/c1-5-29-19-9-13(14(21(24)25)10-18(19)28-4)20(23)30-11-15(22)12-6-7-16(26-2)17(8-12)27-3/h6-10H,5,11H2,1-4H3. The van der Waals surface area contributed by atoms with Crippen LogP contribution in [0.25, 0.3) is 0 Å². The van der Waals surface area contributed by atoms with Crippen LogP contribution in [0, 0.1) is 10.1 Å². The molecule has 0 radical (unpaired) electrons. The molecule has 0 aromatic heterocycles. The summed E-state index contributed by atoms with van der Waals surface area (Å²) in [4.78, 5) is 35.5. The fourth-order valence-electron chi connectivity index (χ4n) is 2.59. The van der Waals surface area contributed by atoms with E-state index in [1.165, 1.54) is 39.5 Å². The monoisotopic (exact) mass is 419 g/mol. The molecule has 2 rings (SSSR count). The van der Waals surface area contributed by atoms with Gasteiger partial charge in [-0.1, -0.05) is 0 Å². The largest absolute Gasteiger partial charge is 0.493 e. The summed E-state index contributed by atoms with van der Waals surface area (Å²) in [5.41, 5.74) is -0.664. The molecule has 0 heterocycles. The van der Waals surface area contributed by atoms with Gasteiger partial charge in [0.15, 0.2) is 35.4 Å². The average Bonchev–Trinajstić information content (AvgIpc) is 2.76. The Hall–Kier alpha value is -3.82. The molecule has 0 bridgehead atoms. The number of carbonyl (C=O) groups excluding carboxylic acids is 2. The first-order valence-corrected chi connectivity index (χ1v) is 8.77. The molecule has 0 unspecified atom stereocenters. The third-order valence-electron chi connectivity index (χ3n) is 4.04. The van der Waals surface area contributed by atoms with E-state index in [1.54, 1.807) is 6.92 Å². The molecule has 0 saturated carbocycles. The lowest BCUT2D eigenvalue weighted by molar-refractivity contribution is -0.385. The van der Waals surface area contributed by atoms with Crippen LogP contribution in [0.5, 0.6) is 23.0 Å². The first-order chi connectivity index (χ1) is 14.4. The predicted octanol–water partition coefficient (Wildman–Crippen LogP) is 3.06. The maximum absolute atomic E-state index is 12.5. The first-order valence-electron chi connectivity index (χ1n) is 8.77. The van der Waals surface area contributed by atoms with Crippen molar-refractivity contribution in [1.82, 2.24) is 0 Å². The molecule has 0 aliphatic heterocycles. The third kappa shape index (κ3) is 4.96. The van der Waals surface area contributed by atoms with E-state index in [-0.39, 0.29) is 29.2 Å². The molecular weight excluding hydrogens is 398 g/mol. The molecule has 0 N–H and O–H groups in total. The number of esters is 1. The molecule has 0 saturated heterocycles. The van der Waals surface area contributed by atoms with E-state index >= 15 is 0 Å². The van der Waals surface area contributed by atoms with Gasteiger partial charge in [0, 0.05) is 11.6 Å². The lowest BCUT2D eigenvalue weighted by Gasteiger charge is -2.12. The topological polar surface area (TPSA) is 123 Å². The summed E-state index contributed by atoms with van der Waals surface area (Å²) in [6, 6.07) is 6.69. The first kappa shape index (κ1) is 22.5. The third-order valence-corrected chi connectivity index (χ3v) is 4.04. The number of ether oxygens (including phenoxy) is 5. The second-order valence-electron chi connectivity index (χ2n) is 5.78. The predicted molar refractivity (Wildman–Crippen MR) is 105 cm³/mol. The number of carbonyl (C=O) groups is 2. The van der Waals surface area contributed by atoms with Gasteiger partial charge in [0.25, 0.3) is 5.69 Å². The van der Waals surface area contributed by atoms with Gasteiger partial charge in [-0.2, -0.15) is 0 Å². The van der Waals surface area contributed by atoms with E-state index in [2.05, 4.69) is 0 Å². The van der Waals surface area contributed by atoms with Crippen molar-refractivity contribution in [2.45, 2.75) is 6.92 Å². The Labute approximate surface area is 172 Å². The van der Waals surface area contributed by atoms with Crippen molar-refractivity contribution in [2.24, 2.45) is 0 Å². The van der Waals surface area contributed by atoms with Gasteiger partial charge in [-0.25, -0.2) is 4.79 Å². The highest BCUT2D eigenvalue weighted by atomic mass is 16.6. The van der Waals surface area contributed by atoms with Crippen molar-refractivity contribution >= 4 is 17.4 Å². The Kier molecular flexibility index (Phi) is 7.56. The van der Waals surface area contributed by atoms with Crippen molar-refractivity contribution < 1.29 is 38.2 Å². The minimum Gasteiger partial charge on any atom is -0.493 e. The average molecular weight is 419 g/mol. The number of nitrogens with zero attached hydrogens (tertiary/aromatic N) is 1. The highest BCUT2D eigenvalue weighted by Crippen LogP contribution is 2.35. The fourth-order valence-corrected chi connectivity index (χ4v) is 2.59. The summed E-state index contributed by atoms with van der Waals surface area (Å²) in [6.07, 6.45) is 0. The number of rotatable bonds is 10. The van der Waals surface area contributed by atoms with Crippen LogP contribution >= 0.6 is 0 Å². The van der Waals surface area contributed by atoms with Crippen LogP contribution in [-0.4, -0.2) is 51.2 Å². The van der Waals surface area contributed by atoms with Gasteiger partial charge in [0.1, 0.15) is 5.56 Å². The summed E-state index contributed by atoms with van der Waals surface area (Å²) in [5.74, 6) is -0.555. The van der Waals surface area contributed by atoms with E-state index in [0.29, 0.717) is 11.5 Å². The van der Waals surface area contributed by atoms with Crippen molar-refractivity contribution in [3.63, 3.8) is 0 Å². The Bertz CT molecular complexity index is 956. The summed E-state index contributed by atoms with van der Waals surface area (Å²) < 4.78 is 25.7. The zero-order valence-corrected chi connectivity index (χ0v) is 16.9. The molecule has 0 fully saturated rings. The molecule has 30 heavy (non-hydrogen) atoms. The molecule has 160 valence electrons. The highest BCUT2D eigenvalue weighted by molar-refractivity contribution is 6.01. The Morgan fingerprint density at radius 2 is 1.57 bits per heavy atom. The second-order valence-corrected chi connectivity index (χ2v) is 5.78. The number of hydrogen-bond donors (Lipinski definition) is 0. The van der Waals surface area contributed by atoms with E-state index in [1.807, 2.05) is 0 Å². The Morgan fingerprint density at radius 3 is 2.13 bits per heavy atom. The Balaban J connectivity index is 2.24. The minimum absolute atomic E-state index is 0.0986. The van der Waals surface area contributed by atoms with E-state index in [9.17, 15) is 19.7 Å². The van der Waals surface area contributed by atoms with Crippen LogP contribution in [0.3, 0.4) is 0 Å². The van der Waals surface area contributed by atoms with Crippen molar-refractivity contribution in [1.29, 1.82) is 0 Å². The molecule has 0 aliphatic carbocycles. The second kappa shape index (κ2) is 10.1. The number of ketones is 1. The highest BCUT2D eigenvalue weighted by Gasteiger charge is 2.26. The number of hydrogen-bond acceptors (Lipinski definition) is 9. The molecular formula is C20H21NO9. The summed E-state index contributed by atoms with van der Waals surface area (Å²) in [6.45, 7) is 1.34. The fraction of sp³-hybridized carbons (Fsp3) is 0.300. The van der Waals surface area contributed by atoms with Gasteiger partial charge >= 0.3 is 5.97 Å². The van der Waals surface area contributed by atoms with Crippen molar-refractivity contribution in [3.8, 4) is 23.0 Å². The van der Waals surface area contributed by atoms with Gasteiger partial charge in [-0.15, -0.1) is 0 Å². The van der Waals surface area contributed by atoms with Gasteiger partial charge < -0.3 is 23.7 Å². The number of nitro groups is 1. The van der Waals surface area contributed by atoms with E-state index in [0.717, 1.165) is 12.1 Å². The molecule has 0 atom stereocenters. The molecule has 2 aromatic carbocycles. The minimum atomic E-state index is -1.04. The van der Waals surface area contributed by atoms with Gasteiger partial charge in [-0.05, 0) is 25.1 Å².